The molecule has 6 nitrogen and oxygen atoms in total. The van der Waals surface area contributed by atoms with E-state index >= 15 is 0 Å². The maximum atomic E-state index is 12.4. The van der Waals surface area contributed by atoms with E-state index in [1.54, 1.807) is 0 Å². The first-order valence-electron chi connectivity index (χ1n) is 5.19. The first kappa shape index (κ1) is 13.5. The average molecular weight is 293 g/mol. The van der Waals surface area contributed by atoms with Crippen LogP contribution in [0.25, 0.3) is 5.95 Å². The molecule has 0 amide bonds. The first-order chi connectivity index (χ1) is 8.90. The number of nitrogens with zero attached hydrogens (tertiary/aromatic N) is 5. The van der Waals surface area contributed by atoms with Crippen molar-refractivity contribution in [3.05, 3.63) is 23.2 Å². The van der Waals surface area contributed by atoms with Gasteiger partial charge in [-0.3, -0.25) is 0 Å². The highest BCUT2D eigenvalue weighted by Gasteiger charge is 2.33. The molecule has 1 N–H and O–H groups in total. The van der Waals surface area contributed by atoms with Crippen LogP contribution in [0.5, 0.6) is 0 Å². The highest BCUT2D eigenvalue weighted by atomic mass is 35.5. The van der Waals surface area contributed by atoms with Crippen LogP contribution in [0.4, 0.5) is 19.1 Å². The van der Waals surface area contributed by atoms with Crippen molar-refractivity contribution in [1.82, 2.24) is 24.7 Å². The van der Waals surface area contributed by atoms with Crippen LogP contribution in [-0.4, -0.2) is 31.3 Å². The summed E-state index contributed by atoms with van der Waals surface area (Å²) in [6.07, 6.45) is -3.42. The fourth-order valence-corrected chi connectivity index (χ4v) is 1.42. The Morgan fingerprint density at radius 1 is 1.32 bits per heavy atom. The molecule has 0 saturated carbocycles. The normalized spacial score (nSPS) is 11.6. The van der Waals surface area contributed by atoms with Crippen LogP contribution in [-0.2, 0) is 6.18 Å². The summed E-state index contributed by atoms with van der Waals surface area (Å²) in [5, 5.41) is 6.00. The molecule has 0 radical (unpaired) electrons. The smallest absolute Gasteiger partial charge is 0.354 e. The highest BCUT2D eigenvalue weighted by Crippen LogP contribution is 2.27. The van der Waals surface area contributed by atoms with Gasteiger partial charge in [-0.1, -0.05) is 0 Å². The van der Waals surface area contributed by atoms with Crippen molar-refractivity contribution in [3.8, 4) is 5.95 Å². The van der Waals surface area contributed by atoms with Crippen molar-refractivity contribution >= 4 is 17.5 Å². The summed E-state index contributed by atoms with van der Waals surface area (Å²) in [5.74, 6) is 0.0769. The van der Waals surface area contributed by atoms with Gasteiger partial charge >= 0.3 is 6.18 Å². The number of hydrogen-bond donors (Lipinski definition) is 1. The maximum absolute atomic E-state index is 12.4. The number of alkyl halides is 3. The van der Waals surface area contributed by atoms with Crippen molar-refractivity contribution in [2.45, 2.75) is 13.1 Å². The van der Waals surface area contributed by atoms with Gasteiger partial charge in [-0.15, -0.1) is 0 Å². The lowest BCUT2D eigenvalue weighted by Gasteiger charge is -2.05. The lowest BCUT2D eigenvalue weighted by atomic mass is 10.4. The van der Waals surface area contributed by atoms with Crippen LogP contribution in [0.3, 0.4) is 0 Å². The Morgan fingerprint density at radius 2 is 2.05 bits per heavy atom. The number of halogens is 4. The summed E-state index contributed by atoms with van der Waals surface area (Å²) >= 11 is 5.67. The Morgan fingerprint density at radius 3 is 2.63 bits per heavy atom. The molecular weight excluding hydrogens is 285 g/mol. The number of anilines is 1. The molecule has 102 valence electrons. The van der Waals surface area contributed by atoms with Crippen LogP contribution in [0.1, 0.15) is 12.6 Å². The van der Waals surface area contributed by atoms with Gasteiger partial charge in [-0.25, -0.2) is 4.68 Å². The molecule has 0 unspecified atom stereocenters. The SMILES string of the molecule is CCNc1nc(Cl)nc(-n2ccc(C(F)(F)F)n2)n1. The molecule has 0 aromatic carbocycles. The molecule has 0 aliphatic heterocycles. The number of rotatable bonds is 3. The van der Waals surface area contributed by atoms with E-state index in [4.69, 9.17) is 11.6 Å². The minimum absolute atomic E-state index is 0.0912. The molecule has 10 heteroatoms. The first-order valence-corrected chi connectivity index (χ1v) is 5.56. The molecule has 2 aromatic rings. The predicted molar refractivity (Wildman–Crippen MR) is 61.1 cm³/mol. The fourth-order valence-electron chi connectivity index (χ4n) is 1.27. The van der Waals surface area contributed by atoms with Crippen LogP contribution in [0, 0.1) is 0 Å². The largest absolute Gasteiger partial charge is 0.435 e. The van der Waals surface area contributed by atoms with E-state index in [2.05, 4.69) is 25.4 Å². The molecule has 0 bridgehead atoms. The Hall–Kier alpha value is -1.90. The Balaban J connectivity index is 2.38. The van der Waals surface area contributed by atoms with E-state index in [1.165, 1.54) is 0 Å². The van der Waals surface area contributed by atoms with E-state index in [-0.39, 0.29) is 17.2 Å². The molecular formula is C9H8ClF3N6. The molecule has 0 saturated heterocycles. The molecule has 0 spiro atoms. The number of nitrogens with one attached hydrogen (secondary N) is 1. The second-order valence-corrected chi connectivity index (χ2v) is 3.74. The van der Waals surface area contributed by atoms with Crippen LogP contribution in [0.15, 0.2) is 12.3 Å². The van der Waals surface area contributed by atoms with E-state index in [9.17, 15) is 13.2 Å². The van der Waals surface area contributed by atoms with Crippen molar-refractivity contribution < 1.29 is 13.2 Å². The molecule has 2 heterocycles. The van der Waals surface area contributed by atoms with Crippen LogP contribution < -0.4 is 5.32 Å². The summed E-state index contributed by atoms with van der Waals surface area (Å²) in [6, 6.07) is 0.824. The summed E-state index contributed by atoms with van der Waals surface area (Å²) < 4.78 is 38.2. The molecule has 19 heavy (non-hydrogen) atoms. The summed E-state index contributed by atoms with van der Waals surface area (Å²) in [5.41, 5.74) is -1.03. The summed E-state index contributed by atoms with van der Waals surface area (Å²) in [7, 11) is 0. The quantitative estimate of drug-likeness (QED) is 0.939. The third-order valence-corrected chi connectivity index (χ3v) is 2.18. The predicted octanol–water partition coefficient (Wildman–Crippen LogP) is 2.16. The van der Waals surface area contributed by atoms with E-state index in [1.807, 2.05) is 6.92 Å². The lowest BCUT2D eigenvalue weighted by molar-refractivity contribution is -0.141. The zero-order valence-corrected chi connectivity index (χ0v) is 10.4. The topological polar surface area (TPSA) is 68.5 Å². The van der Waals surface area contributed by atoms with E-state index < -0.39 is 11.9 Å². The Bertz CT molecular complexity index is 582. The van der Waals surface area contributed by atoms with Gasteiger partial charge in [-0.05, 0) is 24.6 Å². The van der Waals surface area contributed by atoms with Crippen molar-refractivity contribution in [1.29, 1.82) is 0 Å². The average Bonchev–Trinajstić information content (AvgIpc) is 2.77. The molecule has 2 aromatic heterocycles. The van der Waals surface area contributed by atoms with Gasteiger partial charge in [0.2, 0.25) is 11.2 Å². The zero-order chi connectivity index (χ0) is 14.0. The maximum Gasteiger partial charge on any atom is 0.435 e. The van der Waals surface area contributed by atoms with Gasteiger partial charge < -0.3 is 5.32 Å². The lowest BCUT2D eigenvalue weighted by Crippen LogP contribution is -2.11. The number of aromatic nitrogens is 5. The van der Waals surface area contributed by atoms with Crippen LogP contribution in [0.2, 0.25) is 5.28 Å². The summed E-state index contributed by atoms with van der Waals surface area (Å²) in [6.45, 7) is 2.35. The second-order valence-electron chi connectivity index (χ2n) is 3.40. The molecule has 0 aliphatic rings. The van der Waals surface area contributed by atoms with Gasteiger partial charge in [0.15, 0.2) is 5.69 Å². The molecule has 2 rings (SSSR count). The van der Waals surface area contributed by atoms with Crippen LogP contribution >= 0.6 is 11.6 Å². The highest BCUT2D eigenvalue weighted by molar-refractivity contribution is 6.28. The zero-order valence-electron chi connectivity index (χ0n) is 9.61. The standard InChI is InChI=1S/C9H8ClF3N6/c1-2-14-7-15-6(10)16-8(17-7)19-4-3-5(18-19)9(11,12)13/h3-4H,2H2,1H3,(H,14,15,16,17). The monoisotopic (exact) mass is 292 g/mol. The van der Waals surface area contributed by atoms with Gasteiger partial charge in [0, 0.05) is 12.7 Å². The van der Waals surface area contributed by atoms with E-state index in [0.29, 0.717) is 6.54 Å². The summed E-state index contributed by atoms with van der Waals surface area (Å²) in [4.78, 5) is 11.4. The fraction of sp³-hybridized carbons (Fsp3) is 0.333. The van der Waals surface area contributed by atoms with Gasteiger partial charge in [0.25, 0.3) is 5.95 Å². The van der Waals surface area contributed by atoms with Crippen molar-refractivity contribution in [2.75, 3.05) is 11.9 Å². The Labute approximate surface area is 110 Å². The van der Waals surface area contributed by atoms with Gasteiger partial charge in [0.05, 0.1) is 0 Å². The number of hydrogen-bond acceptors (Lipinski definition) is 5. The minimum Gasteiger partial charge on any atom is -0.354 e. The van der Waals surface area contributed by atoms with Gasteiger partial charge in [0.1, 0.15) is 0 Å². The Kier molecular flexibility index (Phi) is 3.56. The minimum atomic E-state index is -4.52. The third-order valence-electron chi connectivity index (χ3n) is 2.02. The van der Waals surface area contributed by atoms with Crippen molar-refractivity contribution in [2.24, 2.45) is 0 Å². The van der Waals surface area contributed by atoms with Crippen molar-refractivity contribution in [3.63, 3.8) is 0 Å². The third kappa shape index (κ3) is 3.11. The molecule has 0 atom stereocenters. The van der Waals surface area contributed by atoms with Gasteiger partial charge in [-0.2, -0.15) is 33.2 Å². The van der Waals surface area contributed by atoms with E-state index in [0.717, 1.165) is 16.9 Å². The molecule has 0 aliphatic carbocycles. The molecule has 0 fully saturated rings. The second kappa shape index (κ2) is 5.00.